The number of carbonyl (C=O) groups excluding carboxylic acids is 3. The average molecular weight is 356 g/mol. The molecule has 0 saturated carbocycles. The largest absolute Gasteiger partial charge is 0.355 e. The lowest BCUT2D eigenvalue weighted by molar-refractivity contribution is -0.122. The fraction of sp³-hybridized carbons (Fsp3) is 0.357. The molecule has 3 N–H and O–H groups in total. The second-order valence-electron chi connectivity index (χ2n) is 4.35. The lowest BCUT2D eigenvalue weighted by Crippen LogP contribution is -2.35. The molecule has 0 bridgehead atoms. The first-order valence-corrected chi connectivity index (χ1v) is 7.33. The van der Waals surface area contributed by atoms with E-state index in [0.717, 1.165) is 4.47 Å². The highest BCUT2D eigenvalue weighted by molar-refractivity contribution is 9.10. The molecule has 1 aromatic rings. The van der Waals surface area contributed by atoms with E-state index in [2.05, 4.69) is 31.9 Å². The monoisotopic (exact) mass is 355 g/mol. The smallest absolute Gasteiger partial charge is 0.251 e. The Kier molecular flexibility index (Phi) is 7.45. The van der Waals surface area contributed by atoms with Gasteiger partial charge in [0.1, 0.15) is 0 Å². The zero-order valence-corrected chi connectivity index (χ0v) is 13.3. The highest BCUT2D eigenvalue weighted by atomic mass is 79.9. The van der Waals surface area contributed by atoms with Crippen LogP contribution in [0.25, 0.3) is 0 Å². The van der Waals surface area contributed by atoms with Gasteiger partial charge in [0.2, 0.25) is 11.8 Å². The Bertz CT molecular complexity index is 503. The van der Waals surface area contributed by atoms with E-state index in [1.54, 1.807) is 24.3 Å². The van der Waals surface area contributed by atoms with Gasteiger partial charge in [-0.15, -0.1) is 0 Å². The van der Waals surface area contributed by atoms with Gasteiger partial charge in [0.15, 0.2) is 0 Å². The molecule has 0 unspecified atom stereocenters. The zero-order chi connectivity index (χ0) is 15.7. The molecule has 7 heteroatoms. The van der Waals surface area contributed by atoms with Crippen molar-refractivity contribution in [1.82, 2.24) is 16.0 Å². The number of carbonyl (C=O) groups is 3. The average Bonchev–Trinajstić information content (AvgIpc) is 2.44. The van der Waals surface area contributed by atoms with Gasteiger partial charge in [0, 0.05) is 43.0 Å². The normalized spacial score (nSPS) is 9.81. The Morgan fingerprint density at radius 2 is 1.57 bits per heavy atom. The van der Waals surface area contributed by atoms with E-state index >= 15 is 0 Å². The third-order valence-corrected chi connectivity index (χ3v) is 3.09. The van der Waals surface area contributed by atoms with Gasteiger partial charge >= 0.3 is 0 Å². The van der Waals surface area contributed by atoms with Gasteiger partial charge in [-0.05, 0) is 24.3 Å². The minimum Gasteiger partial charge on any atom is -0.355 e. The lowest BCUT2D eigenvalue weighted by atomic mass is 10.2. The number of hydrogen-bond donors (Lipinski definition) is 3. The van der Waals surface area contributed by atoms with Gasteiger partial charge in [0.25, 0.3) is 5.91 Å². The van der Waals surface area contributed by atoms with Crippen LogP contribution in [0.4, 0.5) is 0 Å². The molecule has 0 radical (unpaired) electrons. The van der Waals surface area contributed by atoms with Crippen molar-refractivity contribution in [3.63, 3.8) is 0 Å². The molecule has 0 atom stereocenters. The first kappa shape index (κ1) is 17.2. The van der Waals surface area contributed by atoms with E-state index in [1.165, 1.54) is 6.92 Å². The summed E-state index contributed by atoms with van der Waals surface area (Å²) in [7, 11) is 0. The van der Waals surface area contributed by atoms with Crippen LogP contribution in [0.15, 0.2) is 28.7 Å². The summed E-state index contributed by atoms with van der Waals surface area (Å²) in [6, 6.07) is 6.97. The molecule has 0 aliphatic rings. The van der Waals surface area contributed by atoms with Crippen LogP contribution in [0, 0.1) is 0 Å². The Balaban J connectivity index is 2.17. The maximum Gasteiger partial charge on any atom is 0.251 e. The van der Waals surface area contributed by atoms with Crippen LogP contribution in [0.2, 0.25) is 0 Å². The molecule has 114 valence electrons. The van der Waals surface area contributed by atoms with E-state index in [4.69, 9.17) is 0 Å². The van der Waals surface area contributed by atoms with Gasteiger partial charge < -0.3 is 16.0 Å². The number of rotatable bonds is 7. The second-order valence-corrected chi connectivity index (χ2v) is 5.26. The Hall–Kier alpha value is -1.89. The van der Waals surface area contributed by atoms with Crippen molar-refractivity contribution in [3.05, 3.63) is 34.3 Å². The van der Waals surface area contributed by atoms with E-state index in [0.29, 0.717) is 18.7 Å². The topological polar surface area (TPSA) is 87.3 Å². The quantitative estimate of drug-likeness (QED) is 0.633. The van der Waals surface area contributed by atoms with Gasteiger partial charge in [-0.1, -0.05) is 15.9 Å². The van der Waals surface area contributed by atoms with Crippen LogP contribution in [0.5, 0.6) is 0 Å². The maximum atomic E-state index is 11.8. The third-order valence-electron chi connectivity index (χ3n) is 2.57. The molecule has 0 spiro atoms. The summed E-state index contributed by atoms with van der Waals surface area (Å²) in [6.45, 7) is 2.45. The summed E-state index contributed by atoms with van der Waals surface area (Å²) in [5.74, 6) is -0.518. The van der Waals surface area contributed by atoms with Crippen molar-refractivity contribution in [3.8, 4) is 0 Å². The van der Waals surface area contributed by atoms with Crippen LogP contribution >= 0.6 is 15.9 Å². The molecule has 0 fully saturated rings. The number of halogens is 1. The highest BCUT2D eigenvalue weighted by Crippen LogP contribution is 2.10. The van der Waals surface area contributed by atoms with Gasteiger partial charge in [0.05, 0.1) is 0 Å². The lowest BCUT2D eigenvalue weighted by Gasteiger charge is -2.07. The van der Waals surface area contributed by atoms with Gasteiger partial charge in [-0.2, -0.15) is 0 Å². The standard InChI is InChI=1S/C14H18BrN3O3/c1-10(19)16-8-9-17-13(20)6-7-18-14(21)11-2-4-12(15)5-3-11/h2-5H,6-9H2,1H3,(H,16,19)(H,17,20)(H,18,21). The van der Waals surface area contributed by atoms with Crippen molar-refractivity contribution in [2.75, 3.05) is 19.6 Å². The summed E-state index contributed by atoms with van der Waals surface area (Å²) in [4.78, 5) is 33.9. The molecular formula is C14H18BrN3O3. The zero-order valence-electron chi connectivity index (χ0n) is 11.7. The second kappa shape index (κ2) is 9.12. The summed E-state index contributed by atoms with van der Waals surface area (Å²) in [5.41, 5.74) is 0.546. The molecule has 0 aliphatic heterocycles. The minimum atomic E-state index is -0.214. The van der Waals surface area contributed by atoms with E-state index < -0.39 is 0 Å². The van der Waals surface area contributed by atoms with Gasteiger partial charge in [-0.3, -0.25) is 14.4 Å². The fourth-order valence-corrected chi connectivity index (χ4v) is 1.79. The fourth-order valence-electron chi connectivity index (χ4n) is 1.52. The Morgan fingerprint density at radius 1 is 0.952 bits per heavy atom. The molecule has 0 saturated heterocycles. The Labute approximate surface area is 131 Å². The molecule has 3 amide bonds. The highest BCUT2D eigenvalue weighted by Gasteiger charge is 2.06. The predicted molar refractivity (Wildman–Crippen MR) is 82.8 cm³/mol. The van der Waals surface area contributed by atoms with Crippen LogP contribution in [-0.2, 0) is 9.59 Å². The van der Waals surface area contributed by atoms with E-state index in [-0.39, 0.29) is 30.7 Å². The maximum absolute atomic E-state index is 11.8. The number of benzene rings is 1. The molecular weight excluding hydrogens is 338 g/mol. The summed E-state index contributed by atoms with van der Waals surface area (Å²) in [6.07, 6.45) is 0.197. The molecule has 6 nitrogen and oxygen atoms in total. The minimum absolute atomic E-state index is 0.133. The van der Waals surface area contributed by atoms with Crippen LogP contribution in [-0.4, -0.2) is 37.4 Å². The van der Waals surface area contributed by atoms with Crippen molar-refractivity contribution < 1.29 is 14.4 Å². The number of amides is 3. The molecule has 1 aromatic carbocycles. The predicted octanol–water partition coefficient (Wildman–Crippen LogP) is 0.821. The van der Waals surface area contributed by atoms with Crippen molar-refractivity contribution >= 4 is 33.7 Å². The van der Waals surface area contributed by atoms with Crippen molar-refractivity contribution in [1.29, 1.82) is 0 Å². The Morgan fingerprint density at radius 3 is 2.19 bits per heavy atom. The van der Waals surface area contributed by atoms with Crippen LogP contribution in [0.3, 0.4) is 0 Å². The van der Waals surface area contributed by atoms with Crippen molar-refractivity contribution in [2.24, 2.45) is 0 Å². The summed E-state index contributed by atoms with van der Waals surface area (Å²) in [5, 5.41) is 7.89. The number of hydrogen-bond acceptors (Lipinski definition) is 3. The van der Waals surface area contributed by atoms with E-state index in [1.807, 2.05) is 0 Å². The molecule has 1 rings (SSSR count). The first-order chi connectivity index (χ1) is 9.99. The van der Waals surface area contributed by atoms with Crippen LogP contribution < -0.4 is 16.0 Å². The van der Waals surface area contributed by atoms with Crippen molar-refractivity contribution in [2.45, 2.75) is 13.3 Å². The summed E-state index contributed by atoms with van der Waals surface area (Å²) >= 11 is 3.29. The third kappa shape index (κ3) is 7.45. The molecule has 0 aromatic heterocycles. The SMILES string of the molecule is CC(=O)NCCNC(=O)CCNC(=O)c1ccc(Br)cc1. The van der Waals surface area contributed by atoms with Gasteiger partial charge in [-0.25, -0.2) is 0 Å². The molecule has 21 heavy (non-hydrogen) atoms. The molecule has 0 aliphatic carbocycles. The van der Waals surface area contributed by atoms with E-state index in [9.17, 15) is 14.4 Å². The summed E-state index contributed by atoms with van der Waals surface area (Å²) < 4.78 is 0.901. The number of nitrogens with one attached hydrogen (secondary N) is 3. The molecule has 0 heterocycles. The van der Waals surface area contributed by atoms with Crippen LogP contribution in [0.1, 0.15) is 23.7 Å². The first-order valence-electron chi connectivity index (χ1n) is 6.54.